The predicted octanol–water partition coefficient (Wildman–Crippen LogP) is 2.89. The highest BCUT2D eigenvalue weighted by molar-refractivity contribution is 7.11. The summed E-state index contributed by atoms with van der Waals surface area (Å²) in [7, 11) is 1.76. The molecule has 0 radical (unpaired) electrons. The average Bonchev–Trinajstić information content (AvgIpc) is 2.92. The van der Waals surface area contributed by atoms with E-state index in [2.05, 4.69) is 9.97 Å². The summed E-state index contributed by atoms with van der Waals surface area (Å²) < 4.78 is 5.08. The van der Waals surface area contributed by atoms with Crippen LogP contribution in [0, 0.1) is 20.8 Å². The third-order valence-electron chi connectivity index (χ3n) is 3.18. The number of nitrogens with zero attached hydrogens (tertiary/aromatic N) is 3. The summed E-state index contributed by atoms with van der Waals surface area (Å²) in [4.78, 5) is 23.6. The molecule has 1 atom stereocenters. The molecule has 0 saturated heterocycles. The number of oxazole rings is 1. The van der Waals surface area contributed by atoms with Crippen LogP contribution in [0.5, 0.6) is 0 Å². The molecule has 0 bridgehead atoms. The van der Waals surface area contributed by atoms with Gasteiger partial charge in [-0.3, -0.25) is 4.79 Å². The molecule has 6 heteroatoms. The van der Waals surface area contributed by atoms with Gasteiger partial charge in [-0.25, -0.2) is 9.97 Å². The molecule has 2 aromatic rings. The minimum atomic E-state index is -0.149. The van der Waals surface area contributed by atoms with Gasteiger partial charge in [-0.2, -0.15) is 0 Å². The van der Waals surface area contributed by atoms with Gasteiger partial charge in [0.1, 0.15) is 5.76 Å². The van der Waals surface area contributed by atoms with Crippen molar-refractivity contribution in [1.82, 2.24) is 14.9 Å². The fourth-order valence-corrected chi connectivity index (χ4v) is 2.88. The second kappa shape index (κ2) is 5.13. The second-order valence-electron chi connectivity index (χ2n) is 4.52. The van der Waals surface area contributed by atoms with Crippen LogP contribution >= 0.6 is 11.3 Å². The van der Waals surface area contributed by atoms with Gasteiger partial charge >= 0.3 is 0 Å². The maximum Gasteiger partial charge on any atom is 0.276 e. The molecule has 19 heavy (non-hydrogen) atoms. The van der Waals surface area contributed by atoms with E-state index < -0.39 is 0 Å². The zero-order valence-electron chi connectivity index (χ0n) is 11.7. The highest BCUT2D eigenvalue weighted by Crippen LogP contribution is 2.27. The van der Waals surface area contributed by atoms with Crippen LogP contribution in [-0.2, 0) is 0 Å². The number of carbonyl (C=O) groups is 1. The van der Waals surface area contributed by atoms with Crippen molar-refractivity contribution >= 4 is 17.2 Å². The van der Waals surface area contributed by atoms with Crippen LogP contribution in [0.3, 0.4) is 0 Å². The van der Waals surface area contributed by atoms with Gasteiger partial charge in [0.05, 0.1) is 16.7 Å². The van der Waals surface area contributed by atoms with Gasteiger partial charge in [-0.1, -0.05) is 0 Å². The Morgan fingerprint density at radius 1 is 1.42 bits per heavy atom. The first-order chi connectivity index (χ1) is 8.91. The Kier molecular flexibility index (Phi) is 3.71. The average molecular weight is 279 g/mol. The maximum absolute atomic E-state index is 12.3. The SMILES string of the molecule is Cc1nc(C(C)N(C)C(=O)c2ncoc2C)c(C)s1. The van der Waals surface area contributed by atoms with Gasteiger partial charge in [-0.05, 0) is 27.7 Å². The Labute approximate surface area is 116 Å². The van der Waals surface area contributed by atoms with Crippen LogP contribution in [0.2, 0.25) is 0 Å². The van der Waals surface area contributed by atoms with Gasteiger partial charge in [-0.15, -0.1) is 11.3 Å². The normalized spacial score (nSPS) is 12.5. The van der Waals surface area contributed by atoms with E-state index in [0.29, 0.717) is 11.5 Å². The minimum absolute atomic E-state index is 0.0893. The maximum atomic E-state index is 12.3. The molecule has 0 aromatic carbocycles. The van der Waals surface area contributed by atoms with Crippen LogP contribution in [0.25, 0.3) is 0 Å². The summed E-state index contributed by atoms with van der Waals surface area (Å²) in [5.74, 6) is 0.388. The zero-order valence-corrected chi connectivity index (χ0v) is 12.5. The molecule has 2 aromatic heterocycles. The quantitative estimate of drug-likeness (QED) is 0.866. The molecular weight excluding hydrogens is 262 g/mol. The largest absolute Gasteiger partial charge is 0.448 e. The van der Waals surface area contributed by atoms with Crippen LogP contribution in [0.1, 0.15) is 44.8 Å². The lowest BCUT2D eigenvalue weighted by Gasteiger charge is -2.23. The Morgan fingerprint density at radius 3 is 2.58 bits per heavy atom. The number of hydrogen-bond donors (Lipinski definition) is 0. The van der Waals surface area contributed by atoms with Crippen molar-refractivity contribution in [2.45, 2.75) is 33.7 Å². The second-order valence-corrected chi connectivity index (χ2v) is 5.93. The molecule has 5 nitrogen and oxygen atoms in total. The van der Waals surface area contributed by atoms with Crippen LogP contribution in [-0.4, -0.2) is 27.8 Å². The first-order valence-electron chi connectivity index (χ1n) is 6.03. The molecule has 0 aliphatic carbocycles. The smallest absolute Gasteiger partial charge is 0.276 e. The van der Waals surface area contributed by atoms with Gasteiger partial charge < -0.3 is 9.32 Å². The van der Waals surface area contributed by atoms with Gasteiger partial charge in [0, 0.05) is 11.9 Å². The standard InChI is InChI=1S/C13H17N3O2S/c1-7(11-9(3)19-10(4)15-11)16(5)13(17)12-8(2)18-6-14-12/h6-7H,1-5H3. The molecule has 0 saturated carbocycles. The van der Waals surface area contributed by atoms with E-state index in [1.165, 1.54) is 6.39 Å². The lowest BCUT2D eigenvalue weighted by atomic mass is 10.2. The third-order valence-corrected chi connectivity index (χ3v) is 4.09. The lowest BCUT2D eigenvalue weighted by molar-refractivity contribution is 0.0732. The number of thiazole rings is 1. The fourth-order valence-electron chi connectivity index (χ4n) is 1.97. The highest BCUT2D eigenvalue weighted by atomic mass is 32.1. The van der Waals surface area contributed by atoms with Crippen molar-refractivity contribution in [3.05, 3.63) is 33.4 Å². The van der Waals surface area contributed by atoms with Crippen LogP contribution in [0.15, 0.2) is 10.8 Å². The van der Waals surface area contributed by atoms with E-state index in [1.54, 1.807) is 30.2 Å². The molecular formula is C13H17N3O2S. The summed E-state index contributed by atoms with van der Waals surface area (Å²) in [6.07, 6.45) is 1.29. The topological polar surface area (TPSA) is 59.2 Å². The Balaban J connectivity index is 2.24. The summed E-state index contributed by atoms with van der Waals surface area (Å²) in [5.41, 5.74) is 1.30. The summed E-state index contributed by atoms with van der Waals surface area (Å²) in [5, 5.41) is 1.01. The van der Waals surface area contributed by atoms with Crippen molar-refractivity contribution in [1.29, 1.82) is 0 Å². The molecule has 1 unspecified atom stereocenters. The predicted molar refractivity (Wildman–Crippen MR) is 73.3 cm³/mol. The van der Waals surface area contributed by atoms with Crippen LogP contribution in [0.4, 0.5) is 0 Å². The minimum Gasteiger partial charge on any atom is -0.448 e. The van der Waals surface area contributed by atoms with Crippen molar-refractivity contribution in [2.24, 2.45) is 0 Å². The summed E-state index contributed by atoms with van der Waals surface area (Å²) in [6, 6.07) is -0.0893. The fraction of sp³-hybridized carbons (Fsp3) is 0.462. The molecule has 1 amide bonds. The number of amides is 1. The van der Waals surface area contributed by atoms with E-state index in [1.807, 2.05) is 20.8 Å². The van der Waals surface area contributed by atoms with Crippen molar-refractivity contribution in [2.75, 3.05) is 7.05 Å². The first-order valence-corrected chi connectivity index (χ1v) is 6.84. The van der Waals surface area contributed by atoms with E-state index >= 15 is 0 Å². The monoisotopic (exact) mass is 279 g/mol. The lowest BCUT2D eigenvalue weighted by Crippen LogP contribution is -2.30. The van der Waals surface area contributed by atoms with Gasteiger partial charge in [0.2, 0.25) is 0 Å². The number of rotatable bonds is 3. The molecule has 102 valence electrons. The Morgan fingerprint density at radius 2 is 2.11 bits per heavy atom. The molecule has 2 heterocycles. The van der Waals surface area contributed by atoms with Crippen molar-refractivity contribution in [3.8, 4) is 0 Å². The highest BCUT2D eigenvalue weighted by Gasteiger charge is 2.25. The molecule has 2 rings (SSSR count). The summed E-state index contributed by atoms with van der Waals surface area (Å²) in [6.45, 7) is 7.69. The molecule has 0 aliphatic heterocycles. The van der Waals surface area contributed by atoms with E-state index in [9.17, 15) is 4.79 Å². The number of carbonyl (C=O) groups excluding carboxylic acids is 1. The van der Waals surface area contributed by atoms with Crippen molar-refractivity contribution < 1.29 is 9.21 Å². The van der Waals surface area contributed by atoms with Gasteiger partial charge in [0.25, 0.3) is 5.91 Å². The first kappa shape index (κ1) is 13.7. The van der Waals surface area contributed by atoms with E-state index in [4.69, 9.17) is 4.42 Å². The molecule has 0 fully saturated rings. The van der Waals surface area contributed by atoms with Crippen molar-refractivity contribution in [3.63, 3.8) is 0 Å². The molecule has 0 spiro atoms. The van der Waals surface area contributed by atoms with Crippen LogP contribution < -0.4 is 0 Å². The molecule has 0 N–H and O–H groups in total. The zero-order chi connectivity index (χ0) is 14.2. The van der Waals surface area contributed by atoms with Gasteiger partial charge in [0.15, 0.2) is 12.1 Å². The van der Waals surface area contributed by atoms with E-state index in [0.717, 1.165) is 15.6 Å². The number of aryl methyl sites for hydroxylation is 3. The Bertz CT molecular complexity index is 603. The number of aromatic nitrogens is 2. The molecule has 0 aliphatic rings. The Hall–Kier alpha value is -1.69. The third kappa shape index (κ3) is 2.53. The summed E-state index contributed by atoms with van der Waals surface area (Å²) >= 11 is 1.64. The van der Waals surface area contributed by atoms with E-state index in [-0.39, 0.29) is 11.9 Å². The number of hydrogen-bond acceptors (Lipinski definition) is 5.